The molecule has 0 aromatic heterocycles. The molecule has 152 valence electrons. The van der Waals surface area contributed by atoms with E-state index in [0.29, 0.717) is 31.4 Å². The molecule has 1 aromatic carbocycles. The van der Waals surface area contributed by atoms with Crippen molar-refractivity contribution in [2.75, 3.05) is 32.0 Å². The fraction of sp³-hybridized carbons (Fsp3) is 0.650. The van der Waals surface area contributed by atoms with Crippen LogP contribution < -0.4 is 5.32 Å². The molecule has 1 amide bonds. The summed E-state index contributed by atoms with van der Waals surface area (Å²) in [6.07, 6.45) is 7.36. The van der Waals surface area contributed by atoms with E-state index < -0.39 is 10.0 Å². The zero-order chi connectivity index (χ0) is 19.9. The fourth-order valence-corrected chi connectivity index (χ4v) is 5.14. The van der Waals surface area contributed by atoms with Crippen molar-refractivity contribution < 1.29 is 13.2 Å². The summed E-state index contributed by atoms with van der Waals surface area (Å²) in [5, 5.41) is 2.87. The van der Waals surface area contributed by atoms with Gasteiger partial charge in [0.05, 0.1) is 11.4 Å². The predicted molar refractivity (Wildman–Crippen MR) is 109 cm³/mol. The smallest absolute Gasteiger partial charge is 0.243 e. The zero-order valence-corrected chi connectivity index (χ0v) is 17.6. The summed E-state index contributed by atoms with van der Waals surface area (Å²) in [5.74, 6) is -0.0684. The maximum atomic E-state index is 12.5. The molecule has 0 heterocycles. The molecular weight excluding hydrogens is 362 g/mol. The first-order valence-electron chi connectivity index (χ1n) is 9.98. The van der Waals surface area contributed by atoms with Crippen LogP contribution in [0.3, 0.4) is 0 Å². The lowest BCUT2D eigenvalue weighted by Crippen LogP contribution is -2.37. The number of rotatable bonds is 8. The molecule has 7 heteroatoms. The number of nitrogens with one attached hydrogen (secondary N) is 1. The van der Waals surface area contributed by atoms with E-state index in [2.05, 4.69) is 10.2 Å². The highest BCUT2D eigenvalue weighted by molar-refractivity contribution is 7.89. The monoisotopic (exact) mass is 395 g/mol. The molecule has 0 bridgehead atoms. The van der Waals surface area contributed by atoms with Crippen LogP contribution in [0.4, 0.5) is 5.69 Å². The van der Waals surface area contributed by atoms with Gasteiger partial charge < -0.3 is 5.32 Å². The Hall–Kier alpha value is -1.44. The van der Waals surface area contributed by atoms with Crippen LogP contribution in [0.25, 0.3) is 0 Å². The molecule has 2 rings (SSSR count). The molecule has 0 aliphatic heterocycles. The Balaban J connectivity index is 1.94. The molecule has 1 aliphatic carbocycles. The van der Waals surface area contributed by atoms with Crippen molar-refractivity contribution in [1.82, 2.24) is 9.21 Å². The van der Waals surface area contributed by atoms with Crippen molar-refractivity contribution >= 4 is 21.6 Å². The van der Waals surface area contributed by atoms with Gasteiger partial charge in [-0.1, -0.05) is 39.5 Å². The standard InChI is InChI=1S/C20H33N3O3S/c1-4-23(5-2)27(25,26)19-14-12-17(13-15-19)21-20(24)16-22(3)18-10-8-6-7-9-11-18/h12-15,18H,4-11,16H2,1-3H3,(H,21,24). The van der Waals surface area contributed by atoms with Crippen LogP contribution >= 0.6 is 0 Å². The Morgan fingerprint density at radius 3 is 2.11 bits per heavy atom. The number of benzene rings is 1. The Morgan fingerprint density at radius 2 is 1.59 bits per heavy atom. The molecule has 6 nitrogen and oxygen atoms in total. The molecular formula is C20H33N3O3S. The molecule has 0 spiro atoms. The minimum atomic E-state index is -3.47. The van der Waals surface area contributed by atoms with Crippen LogP contribution in [-0.2, 0) is 14.8 Å². The summed E-state index contributed by atoms with van der Waals surface area (Å²) >= 11 is 0. The van der Waals surface area contributed by atoms with Gasteiger partial charge in [-0.25, -0.2) is 8.42 Å². The number of amides is 1. The van der Waals surface area contributed by atoms with Crippen molar-refractivity contribution in [2.24, 2.45) is 0 Å². The van der Waals surface area contributed by atoms with Crippen molar-refractivity contribution in [2.45, 2.75) is 63.3 Å². The van der Waals surface area contributed by atoms with Crippen molar-refractivity contribution in [3.05, 3.63) is 24.3 Å². The third kappa shape index (κ3) is 6.02. The minimum absolute atomic E-state index is 0.0684. The maximum absolute atomic E-state index is 12.5. The van der Waals surface area contributed by atoms with Gasteiger partial charge in [-0.05, 0) is 44.2 Å². The van der Waals surface area contributed by atoms with Crippen molar-refractivity contribution in [3.8, 4) is 0 Å². The largest absolute Gasteiger partial charge is 0.325 e. The first-order chi connectivity index (χ1) is 12.9. The normalized spacial score (nSPS) is 16.5. The molecule has 1 aliphatic rings. The summed E-state index contributed by atoms with van der Waals surface area (Å²) in [4.78, 5) is 14.7. The van der Waals surface area contributed by atoms with Crippen LogP contribution in [0, 0.1) is 0 Å². The highest BCUT2D eigenvalue weighted by atomic mass is 32.2. The third-order valence-electron chi connectivity index (χ3n) is 5.32. The molecule has 0 unspecified atom stereocenters. The maximum Gasteiger partial charge on any atom is 0.243 e. The fourth-order valence-electron chi connectivity index (χ4n) is 3.68. The van der Waals surface area contributed by atoms with Crippen LogP contribution in [0.15, 0.2) is 29.2 Å². The van der Waals surface area contributed by atoms with Gasteiger partial charge in [-0.3, -0.25) is 9.69 Å². The van der Waals surface area contributed by atoms with E-state index in [4.69, 9.17) is 0 Å². The lowest BCUT2D eigenvalue weighted by molar-refractivity contribution is -0.117. The van der Waals surface area contributed by atoms with Crippen LogP contribution in [0.1, 0.15) is 52.4 Å². The lowest BCUT2D eigenvalue weighted by atomic mass is 10.1. The first kappa shape index (κ1) is 21.9. The van der Waals surface area contributed by atoms with Gasteiger partial charge in [0.25, 0.3) is 0 Å². The van der Waals surface area contributed by atoms with Crippen LogP contribution in [0.2, 0.25) is 0 Å². The van der Waals surface area contributed by atoms with Gasteiger partial charge in [0, 0.05) is 24.8 Å². The second kappa shape index (κ2) is 10.2. The highest BCUT2D eigenvalue weighted by Gasteiger charge is 2.22. The van der Waals surface area contributed by atoms with Crippen LogP contribution in [-0.4, -0.2) is 56.3 Å². The van der Waals surface area contributed by atoms with Gasteiger partial charge in [-0.2, -0.15) is 4.31 Å². The Bertz CT molecular complexity index is 692. The summed E-state index contributed by atoms with van der Waals surface area (Å²) in [6, 6.07) is 6.89. The number of carbonyl (C=O) groups is 1. The summed E-state index contributed by atoms with van der Waals surface area (Å²) in [6.45, 7) is 4.86. The molecule has 27 heavy (non-hydrogen) atoms. The van der Waals surface area contributed by atoms with E-state index in [1.165, 1.54) is 30.0 Å². The summed E-state index contributed by atoms with van der Waals surface area (Å²) in [5.41, 5.74) is 0.618. The number of carbonyl (C=O) groups excluding carboxylic acids is 1. The average Bonchev–Trinajstić information content (AvgIpc) is 2.92. The van der Waals surface area contributed by atoms with E-state index >= 15 is 0 Å². The Morgan fingerprint density at radius 1 is 1.04 bits per heavy atom. The van der Waals surface area contributed by atoms with Crippen LogP contribution in [0.5, 0.6) is 0 Å². The molecule has 0 saturated heterocycles. The number of likely N-dealkylation sites (N-methyl/N-ethyl adjacent to an activating group) is 1. The zero-order valence-electron chi connectivity index (χ0n) is 16.8. The van der Waals surface area contributed by atoms with E-state index in [1.807, 2.05) is 20.9 Å². The molecule has 1 aromatic rings. The lowest BCUT2D eigenvalue weighted by Gasteiger charge is -2.26. The number of sulfonamides is 1. The number of hydrogen-bond donors (Lipinski definition) is 1. The average molecular weight is 396 g/mol. The molecule has 1 N–H and O–H groups in total. The molecule has 0 radical (unpaired) electrons. The molecule has 1 saturated carbocycles. The first-order valence-corrected chi connectivity index (χ1v) is 11.4. The third-order valence-corrected chi connectivity index (χ3v) is 7.39. The second-order valence-corrected chi connectivity index (χ2v) is 9.16. The van der Waals surface area contributed by atoms with E-state index in [-0.39, 0.29) is 10.8 Å². The van der Waals surface area contributed by atoms with E-state index in [1.54, 1.807) is 24.3 Å². The highest BCUT2D eigenvalue weighted by Crippen LogP contribution is 2.21. The number of hydrogen-bond acceptors (Lipinski definition) is 4. The van der Waals surface area contributed by atoms with Gasteiger partial charge in [0.1, 0.15) is 0 Å². The minimum Gasteiger partial charge on any atom is -0.325 e. The predicted octanol–water partition coefficient (Wildman–Crippen LogP) is 3.31. The molecule has 1 fully saturated rings. The summed E-state index contributed by atoms with van der Waals surface area (Å²) in [7, 11) is -1.46. The molecule has 0 atom stereocenters. The second-order valence-electron chi connectivity index (χ2n) is 7.22. The SMILES string of the molecule is CCN(CC)S(=O)(=O)c1ccc(NC(=O)CN(C)C2CCCCCC2)cc1. The van der Waals surface area contributed by atoms with Gasteiger partial charge in [0.15, 0.2) is 0 Å². The van der Waals surface area contributed by atoms with Gasteiger partial charge in [-0.15, -0.1) is 0 Å². The van der Waals surface area contributed by atoms with Gasteiger partial charge >= 0.3 is 0 Å². The van der Waals surface area contributed by atoms with Crippen molar-refractivity contribution in [3.63, 3.8) is 0 Å². The Labute approximate surface area is 164 Å². The topological polar surface area (TPSA) is 69.7 Å². The van der Waals surface area contributed by atoms with E-state index in [9.17, 15) is 13.2 Å². The van der Waals surface area contributed by atoms with Crippen molar-refractivity contribution in [1.29, 1.82) is 0 Å². The number of nitrogens with zero attached hydrogens (tertiary/aromatic N) is 2. The number of anilines is 1. The van der Waals surface area contributed by atoms with Gasteiger partial charge in [0.2, 0.25) is 15.9 Å². The summed E-state index contributed by atoms with van der Waals surface area (Å²) < 4.78 is 26.4. The quantitative estimate of drug-likeness (QED) is 0.686. The Kier molecular flexibility index (Phi) is 8.26. The van der Waals surface area contributed by atoms with E-state index in [0.717, 1.165) is 12.8 Å².